The second kappa shape index (κ2) is 5.47. The second-order valence-corrected chi connectivity index (χ2v) is 9.70. The van der Waals surface area contributed by atoms with Crippen molar-refractivity contribution in [1.82, 2.24) is 0 Å². The van der Waals surface area contributed by atoms with Crippen molar-refractivity contribution in [3.63, 3.8) is 0 Å². The van der Waals surface area contributed by atoms with Gasteiger partial charge in [0.15, 0.2) is 0 Å². The van der Waals surface area contributed by atoms with Gasteiger partial charge in [0.1, 0.15) is 0 Å². The fourth-order valence-corrected chi connectivity index (χ4v) is 3.63. The minimum atomic E-state index is -5.16. The Balaban J connectivity index is 2.92. The standard InChI is InChI=1S/C12H15O2.2H2O.O.Sb/c1-12(2,9-11(13)14)8-10-6-4-3-5-7-10;;;;/h3-4,6-7H,8-9H2,1-2H3,(H,13,14);2*1H2;;/q;;;;+2/p-2. The van der Waals surface area contributed by atoms with Crippen LogP contribution in [0.5, 0.6) is 0 Å². The Morgan fingerprint density at radius 1 is 1.33 bits per heavy atom. The minimum absolute atomic E-state index is 0.0143. The number of aliphatic carboxylic acids is 1. The molecule has 0 unspecified atom stereocenters. The van der Waals surface area contributed by atoms with Gasteiger partial charge in [-0.05, 0) is 0 Å². The Kier molecular flexibility index (Phi) is 4.65. The predicted molar refractivity (Wildman–Crippen MR) is 66.7 cm³/mol. The van der Waals surface area contributed by atoms with E-state index in [-0.39, 0.29) is 9.93 Å². The van der Waals surface area contributed by atoms with E-state index >= 15 is 0 Å². The van der Waals surface area contributed by atoms with Crippen molar-refractivity contribution in [3.05, 3.63) is 29.8 Å². The van der Waals surface area contributed by atoms with E-state index in [2.05, 4.69) is 0 Å². The van der Waals surface area contributed by atoms with Gasteiger partial charge in [0.25, 0.3) is 0 Å². The van der Waals surface area contributed by atoms with Crippen LogP contribution in [0.3, 0.4) is 0 Å². The first-order valence-electron chi connectivity index (χ1n) is 5.47. The Hall–Kier alpha value is -0.772. The topological polar surface area (TPSA) is 94.8 Å². The first kappa shape index (κ1) is 15.3. The van der Waals surface area contributed by atoms with Gasteiger partial charge in [-0.1, -0.05) is 0 Å². The van der Waals surface area contributed by atoms with E-state index in [1.54, 1.807) is 12.1 Å². The van der Waals surface area contributed by atoms with Crippen LogP contribution in [0.25, 0.3) is 0 Å². The average molecular weight is 363 g/mol. The monoisotopic (exact) mass is 362 g/mol. The van der Waals surface area contributed by atoms with Crippen molar-refractivity contribution >= 4 is 29.1 Å². The molecule has 5 nitrogen and oxygen atoms in total. The van der Waals surface area contributed by atoms with Gasteiger partial charge < -0.3 is 0 Å². The summed E-state index contributed by atoms with van der Waals surface area (Å²) in [5.74, 6) is -0.878. The molecule has 18 heavy (non-hydrogen) atoms. The number of carbonyl (C=O) groups is 1. The summed E-state index contributed by atoms with van der Waals surface area (Å²) in [6.07, 6.45) is 0.480. The number of hydrogen-bond acceptors (Lipinski definition) is 2. The van der Waals surface area contributed by atoms with Gasteiger partial charge in [-0.3, -0.25) is 0 Å². The van der Waals surface area contributed by atoms with Crippen LogP contribution < -0.4 is 3.51 Å². The first-order valence-corrected chi connectivity index (χ1v) is 10.1. The summed E-state index contributed by atoms with van der Waals surface area (Å²) in [6, 6.07) is 6.23. The van der Waals surface area contributed by atoms with Crippen molar-refractivity contribution < 1.29 is 19.7 Å². The van der Waals surface area contributed by atoms with Gasteiger partial charge in [0, 0.05) is 0 Å². The van der Waals surface area contributed by atoms with E-state index in [9.17, 15) is 7.81 Å². The third-order valence-electron chi connectivity index (χ3n) is 2.56. The van der Waals surface area contributed by atoms with E-state index < -0.39 is 31.0 Å². The molecule has 0 amide bonds. The molecule has 3 N–H and O–H groups in total. The summed E-state index contributed by atoms with van der Waals surface area (Å²) < 4.78 is 29.6. The molecule has 1 rings (SSSR count). The van der Waals surface area contributed by atoms with Crippen LogP contribution in [-0.2, 0) is 14.2 Å². The average Bonchev–Trinajstić information content (AvgIpc) is 2.13. The summed E-state index contributed by atoms with van der Waals surface area (Å²) >= 11 is -5.16. The maximum atomic E-state index is 11.2. The van der Waals surface area contributed by atoms with Crippen molar-refractivity contribution in [2.45, 2.75) is 26.7 Å². The molecule has 0 aliphatic heterocycles. The molecular weight excluding hydrogens is 346 g/mol. The Labute approximate surface area is 111 Å². The summed E-state index contributed by atoms with van der Waals surface area (Å²) in [7, 11) is 0. The molecule has 100 valence electrons. The molecule has 0 aliphatic rings. The molecule has 6 heteroatoms. The first-order chi connectivity index (χ1) is 8.10. The molecule has 1 aromatic rings. The van der Waals surface area contributed by atoms with Gasteiger partial charge in [-0.25, -0.2) is 0 Å². The molecule has 0 spiro atoms. The number of benzene rings is 1. The van der Waals surface area contributed by atoms with E-state index in [0.29, 0.717) is 6.42 Å². The van der Waals surface area contributed by atoms with Crippen molar-refractivity contribution in [3.8, 4) is 0 Å². The van der Waals surface area contributed by atoms with Crippen LogP contribution in [0.15, 0.2) is 24.3 Å². The van der Waals surface area contributed by atoms with Gasteiger partial charge in [-0.2, -0.15) is 0 Å². The predicted octanol–water partition coefficient (Wildman–Crippen LogP) is 0.291. The zero-order valence-corrected chi connectivity index (χ0v) is 12.9. The third-order valence-corrected chi connectivity index (χ3v) is 5.27. The molecule has 0 atom stereocenters. The van der Waals surface area contributed by atoms with E-state index in [1.807, 2.05) is 13.8 Å². The maximum absolute atomic E-state index is 11.2. The second-order valence-electron chi connectivity index (χ2n) is 5.13. The summed E-state index contributed by atoms with van der Waals surface area (Å²) in [6.45, 7) is 3.64. The Morgan fingerprint density at radius 2 is 1.94 bits per heavy atom. The number of hydrogen-bond donors (Lipinski definition) is 3. The van der Waals surface area contributed by atoms with Gasteiger partial charge in [0.2, 0.25) is 0 Å². The zero-order chi connectivity index (χ0) is 14.0. The van der Waals surface area contributed by atoms with Crippen LogP contribution >= 0.6 is 0 Å². The molecule has 1 aromatic carbocycles. The third kappa shape index (κ3) is 4.84. The number of carboxylic acids is 1. The van der Waals surface area contributed by atoms with Crippen molar-refractivity contribution in [1.29, 1.82) is 0 Å². The van der Waals surface area contributed by atoms with Crippen LogP contribution in [0.1, 0.15) is 25.8 Å². The van der Waals surface area contributed by atoms with Crippen molar-refractivity contribution in [2.75, 3.05) is 0 Å². The summed E-state index contributed by atoms with van der Waals surface area (Å²) in [5, 5.41) is 8.79. The van der Waals surface area contributed by atoms with Crippen LogP contribution in [0, 0.1) is 5.41 Å². The molecule has 0 saturated carbocycles. The molecule has 0 aromatic heterocycles. The zero-order valence-electron chi connectivity index (χ0n) is 10.3. The fourth-order valence-electron chi connectivity index (χ4n) is 1.87. The van der Waals surface area contributed by atoms with E-state index in [4.69, 9.17) is 11.9 Å². The van der Waals surface area contributed by atoms with Gasteiger partial charge in [-0.15, -0.1) is 0 Å². The Bertz CT molecular complexity index is 489. The van der Waals surface area contributed by atoms with Gasteiger partial charge >= 0.3 is 111 Å². The molecule has 0 heterocycles. The van der Waals surface area contributed by atoms with Crippen LogP contribution in [-0.4, -0.2) is 37.5 Å². The van der Waals surface area contributed by atoms with Gasteiger partial charge in [0.05, 0.1) is 0 Å². The van der Waals surface area contributed by atoms with Crippen LogP contribution in [0.4, 0.5) is 0 Å². The van der Waals surface area contributed by atoms with E-state index in [0.717, 1.165) is 5.56 Å². The molecule has 0 saturated heterocycles. The normalized spacial score (nSPS) is 12.4. The number of rotatable bonds is 5. The quantitative estimate of drug-likeness (QED) is 0.654. The summed E-state index contributed by atoms with van der Waals surface area (Å²) in [5.41, 5.74) is 0.297. The van der Waals surface area contributed by atoms with E-state index in [1.165, 1.54) is 12.1 Å². The Morgan fingerprint density at radius 3 is 2.44 bits per heavy atom. The molecule has 0 radical (unpaired) electrons. The van der Waals surface area contributed by atoms with Crippen LogP contribution in [0.2, 0.25) is 0 Å². The molecular formula is C12H17O5Sb. The number of carboxylic acid groups (broad SMARTS) is 1. The SMILES string of the molecule is CC(C)(CC(=O)O)Cc1ccc[c]([Sb](=[O])([OH])[OH])c1. The molecule has 0 fully saturated rings. The van der Waals surface area contributed by atoms with Crippen molar-refractivity contribution in [2.24, 2.45) is 5.41 Å². The molecule has 0 aliphatic carbocycles. The summed E-state index contributed by atoms with van der Waals surface area (Å²) in [4.78, 5) is 10.7. The molecule has 0 bridgehead atoms. The fraction of sp³-hybridized carbons (Fsp3) is 0.417.